The second-order valence-electron chi connectivity index (χ2n) is 15.4. The summed E-state index contributed by atoms with van der Waals surface area (Å²) < 4.78 is 34.2. The van der Waals surface area contributed by atoms with E-state index in [2.05, 4.69) is 32.1 Å². The molecule has 0 N–H and O–H groups in total. The number of esters is 1. The number of unbranched alkanes of at least 4 members (excludes halogenated alkanes) is 18. The molecule has 0 heterocycles. The molecule has 54 heavy (non-hydrogen) atoms. The molecule has 0 aliphatic heterocycles. The van der Waals surface area contributed by atoms with Gasteiger partial charge in [-0.25, -0.2) is 0 Å². The van der Waals surface area contributed by atoms with Gasteiger partial charge in [0.25, 0.3) is 7.82 Å². The standard InChI is InChI=1S/C44H80NO8P/c1-6-8-10-12-14-15-16-17-18-19-20-21-22-24-29-33-38-50-43(41-53-54(48,49)52-39-37-45(3,4)5)40-51-44(47)36-32-28-25-27-31-35-42(46)34-30-26-23-13-11-9-7-2/h15-16,23,26,30,33-34,38,43H,6-14,17-22,24-25,27-29,31-32,35-37,39-41H2,1-5H3/b16-15-,26-23-,34-30+,38-33+/t43-/m1/s1. The molecule has 0 saturated heterocycles. The summed E-state index contributed by atoms with van der Waals surface area (Å²) in [4.78, 5) is 36.8. The fourth-order valence-electron chi connectivity index (χ4n) is 5.45. The Balaban J connectivity index is 4.40. The number of quaternary nitrogens is 1. The summed E-state index contributed by atoms with van der Waals surface area (Å²) in [5, 5.41) is 0. The summed E-state index contributed by atoms with van der Waals surface area (Å²) >= 11 is 0. The van der Waals surface area contributed by atoms with Crippen LogP contribution in [0.2, 0.25) is 0 Å². The van der Waals surface area contributed by atoms with Crippen LogP contribution in [-0.4, -0.2) is 69.8 Å². The van der Waals surface area contributed by atoms with Crippen molar-refractivity contribution >= 4 is 19.6 Å². The molecule has 0 amide bonds. The summed E-state index contributed by atoms with van der Waals surface area (Å²) in [6.07, 6.45) is 40.4. The molecular weight excluding hydrogens is 701 g/mol. The molecule has 9 nitrogen and oxygen atoms in total. The highest BCUT2D eigenvalue weighted by molar-refractivity contribution is 7.45. The third-order valence-corrected chi connectivity index (χ3v) is 9.88. The minimum atomic E-state index is -4.54. The lowest BCUT2D eigenvalue weighted by molar-refractivity contribution is -0.870. The zero-order valence-corrected chi connectivity index (χ0v) is 36.0. The normalized spacial score (nSPS) is 14.1. The molecule has 0 bridgehead atoms. The maximum Gasteiger partial charge on any atom is 0.305 e. The molecule has 0 aliphatic carbocycles. The molecule has 2 atom stereocenters. The summed E-state index contributed by atoms with van der Waals surface area (Å²) in [7, 11) is 1.29. The van der Waals surface area contributed by atoms with Gasteiger partial charge < -0.3 is 27.9 Å². The topological polar surface area (TPSA) is 111 Å². The molecule has 0 rings (SSSR count). The first-order valence-electron chi connectivity index (χ1n) is 21.4. The van der Waals surface area contributed by atoms with Gasteiger partial charge in [-0.05, 0) is 76.4 Å². The Morgan fingerprint density at radius 2 is 1.15 bits per heavy atom. The predicted molar refractivity (Wildman–Crippen MR) is 222 cm³/mol. The Hall–Kier alpha value is -2.03. The smallest absolute Gasteiger partial charge is 0.305 e. The van der Waals surface area contributed by atoms with E-state index in [1.807, 2.05) is 39.4 Å². The Kier molecular flexibility index (Phi) is 35.2. The van der Waals surface area contributed by atoms with E-state index < -0.39 is 13.9 Å². The van der Waals surface area contributed by atoms with Gasteiger partial charge in [-0.3, -0.25) is 14.2 Å². The van der Waals surface area contributed by atoms with Crippen LogP contribution in [0.4, 0.5) is 0 Å². The Labute approximate surface area is 331 Å². The van der Waals surface area contributed by atoms with Crippen molar-refractivity contribution in [1.29, 1.82) is 0 Å². The monoisotopic (exact) mass is 782 g/mol. The molecule has 10 heteroatoms. The fourth-order valence-corrected chi connectivity index (χ4v) is 6.17. The number of ketones is 1. The highest BCUT2D eigenvalue weighted by atomic mass is 31.2. The molecule has 0 aromatic carbocycles. The van der Waals surface area contributed by atoms with Crippen LogP contribution in [0.15, 0.2) is 48.8 Å². The van der Waals surface area contributed by atoms with Crippen LogP contribution in [0, 0.1) is 0 Å². The molecule has 0 radical (unpaired) electrons. The van der Waals surface area contributed by atoms with Crippen molar-refractivity contribution in [2.75, 3.05) is 47.5 Å². The van der Waals surface area contributed by atoms with Crippen molar-refractivity contribution in [1.82, 2.24) is 0 Å². The maximum absolute atomic E-state index is 12.5. The highest BCUT2D eigenvalue weighted by Crippen LogP contribution is 2.38. The molecule has 0 aliphatic rings. The van der Waals surface area contributed by atoms with Crippen molar-refractivity contribution in [2.24, 2.45) is 0 Å². The predicted octanol–water partition coefficient (Wildman–Crippen LogP) is 11.3. The van der Waals surface area contributed by atoms with Crippen molar-refractivity contribution in [2.45, 2.75) is 174 Å². The Morgan fingerprint density at radius 3 is 1.78 bits per heavy atom. The number of likely N-dealkylation sites (N-methyl/N-ethyl adjacent to an activating group) is 1. The van der Waals surface area contributed by atoms with E-state index in [1.165, 1.54) is 83.5 Å². The quantitative estimate of drug-likeness (QED) is 0.00886. The van der Waals surface area contributed by atoms with E-state index in [4.69, 9.17) is 18.5 Å². The molecule has 0 saturated carbocycles. The van der Waals surface area contributed by atoms with Crippen molar-refractivity contribution in [3.8, 4) is 0 Å². The number of hydrogen-bond donors (Lipinski definition) is 0. The molecule has 1 unspecified atom stereocenters. The van der Waals surface area contributed by atoms with Gasteiger partial charge in [0.05, 0.1) is 34.0 Å². The zero-order valence-electron chi connectivity index (χ0n) is 35.2. The second-order valence-corrected chi connectivity index (χ2v) is 16.9. The first-order chi connectivity index (χ1) is 26.0. The first-order valence-corrected chi connectivity index (χ1v) is 22.8. The maximum atomic E-state index is 12.5. The van der Waals surface area contributed by atoms with Crippen LogP contribution in [-0.2, 0) is 32.7 Å². The van der Waals surface area contributed by atoms with E-state index in [0.29, 0.717) is 23.9 Å². The SMILES string of the molecule is CCCCC/C=C\C=C\C(=O)CCCCCCCC(=O)OC[C@H](COP(=O)([O-])OCC[N+](C)(C)C)O/C=C/CCCCCCCC/C=C\CCCCCC. The van der Waals surface area contributed by atoms with Crippen LogP contribution in [0.5, 0.6) is 0 Å². The molecule has 314 valence electrons. The first kappa shape index (κ1) is 52.0. The van der Waals surface area contributed by atoms with Gasteiger partial charge in [0.1, 0.15) is 19.8 Å². The number of carbonyl (C=O) groups is 2. The van der Waals surface area contributed by atoms with Gasteiger partial charge in [0, 0.05) is 12.8 Å². The summed E-state index contributed by atoms with van der Waals surface area (Å²) in [5.74, 6) is -0.219. The average Bonchev–Trinajstić information content (AvgIpc) is 3.12. The van der Waals surface area contributed by atoms with Crippen LogP contribution in [0.1, 0.15) is 168 Å². The van der Waals surface area contributed by atoms with Crippen LogP contribution in [0.25, 0.3) is 0 Å². The van der Waals surface area contributed by atoms with E-state index in [1.54, 1.807) is 12.3 Å². The van der Waals surface area contributed by atoms with Gasteiger partial charge in [-0.2, -0.15) is 0 Å². The van der Waals surface area contributed by atoms with Gasteiger partial charge in [0.15, 0.2) is 11.9 Å². The summed E-state index contributed by atoms with van der Waals surface area (Å²) in [6.45, 7) is 4.49. The van der Waals surface area contributed by atoms with Gasteiger partial charge in [-0.1, -0.05) is 121 Å². The third-order valence-electron chi connectivity index (χ3n) is 8.92. The second kappa shape index (κ2) is 36.6. The Morgan fingerprint density at radius 1 is 0.630 bits per heavy atom. The number of ether oxygens (including phenoxy) is 2. The fraction of sp³-hybridized carbons (Fsp3) is 0.773. The lowest BCUT2D eigenvalue weighted by Crippen LogP contribution is -2.37. The minimum Gasteiger partial charge on any atom is -0.756 e. The minimum absolute atomic E-state index is 0.00510. The van der Waals surface area contributed by atoms with E-state index in [-0.39, 0.29) is 38.0 Å². The van der Waals surface area contributed by atoms with Crippen LogP contribution >= 0.6 is 7.82 Å². The lowest BCUT2D eigenvalue weighted by Gasteiger charge is -2.28. The largest absolute Gasteiger partial charge is 0.756 e. The summed E-state index contributed by atoms with van der Waals surface area (Å²) in [6, 6.07) is 0. The number of nitrogens with zero attached hydrogens (tertiary/aromatic N) is 1. The molecule has 0 aromatic rings. The van der Waals surface area contributed by atoms with Gasteiger partial charge >= 0.3 is 5.97 Å². The molecule has 0 spiro atoms. The van der Waals surface area contributed by atoms with Crippen LogP contribution < -0.4 is 4.89 Å². The molecule has 0 aromatic heterocycles. The van der Waals surface area contributed by atoms with Gasteiger partial charge in [-0.15, -0.1) is 0 Å². The van der Waals surface area contributed by atoms with E-state index >= 15 is 0 Å². The van der Waals surface area contributed by atoms with Crippen molar-refractivity contribution in [3.05, 3.63) is 48.8 Å². The van der Waals surface area contributed by atoms with Crippen molar-refractivity contribution < 1.29 is 42.1 Å². The zero-order chi connectivity index (χ0) is 40.0. The Bertz CT molecular complexity index is 1070. The number of phosphoric acid groups is 1. The summed E-state index contributed by atoms with van der Waals surface area (Å²) in [5.41, 5.74) is 0. The lowest BCUT2D eigenvalue weighted by atomic mass is 10.1. The third kappa shape index (κ3) is 39.7. The van der Waals surface area contributed by atoms with E-state index in [9.17, 15) is 19.0 Å². The number of phosphoric ester groups is 1. The average molecular weight is 782 g/mol. The number of allylic oxidation sites excluding steroid dienone is 7. The molecule has 0 fully saturated rings. The number of hydrogen-bond acceptors (Lipinski definition) is 8. The van der Waals surface area contributed by atoms with Crippen molar-refractivity contribution in [3.63, 3.8) is 0 Å². The highest BCUT2D eigenvalue weighted by Gasteiger charge is 2.19. The van der Waals surface area contributed by atoms with Crippen LogP contribution in [0.3, 0.4) is 0 Å². The molecular formula is C44H80NO8P. The van der Waals surface area contributed by atoms with Gasteiger partial charge in [0.2, 0.25) is 0 Å². The number of carbonyl (C=O) groups excluding carboxylic acids is 2. The number of rotatable bonds is 39. The van der Waals surface area contributed by atoms with E-state index in [0.717, 1.165) is 51.4 Å².